The average molecular weight is 399 g/mol. The van der Waals surface area contributed by atoms with Crippen molar-refractivity contribution < 1.29 is 0 Å². The Morgan fingerprint density at radius 1 is 1.12 bits per heavy atom. The Bertz CT molecular complexity index is 861. The molecule has 1 saturated heterocycles. The van der Waals surface area contributed by atoms with Gasteiger partial charge in [0.15, 0.2) is 0 Å². The Morgan fingerprint density at radius 2 is 1.96 bits per heavy atom. The molecule has 0 aliphatic carbocycles. The van der Waals surface area contributed by atoms with Crippen molar-refractivity contribution in [3.63, 3.8) is 0 Å². The van der Waals surface area contributed by atoms with E-state index in [1.54, 1.807) is 0 Å². The standard InChI is InChI=1S/C20H23BrN4/c1-15-7-11-25-18(14-24-10-2-8-22-9-12-24)20(23-19(25)13-15)16-3-5-17(21)6-4-16/h3-7,11,13,22H,2,8-10,12,14H2,1H3. The molecule has 0 saturated carbocycles. The van der Waals surface area contributed by atoms with Gasteiger partial charge in [-0.2, -0.15) is 0 Å². The first kappa shape index (κ1) is 16.8. The van der Waals surface area contributed by atoms with E-state index >= 15 is 0 Å². The van der Waals surface area contributed by atoms with Crippen molar-refractivity contribution >= 4 is 21.6 Å². The number of hydrogen-bond donors (Lipinski definition) is 1. The van der Waals surface area contributed by atoms with E-state index in [4.69, 9.17) is 4.98 Å². The van der Waals surface area contributed by atoms with Crippen LogP contribution in [0.15, 0.2) is 47.1 Å². The van der Waals surface area contributed by atoms with Crippen LogP contribution < -0.4 is 5.32 Å². The molecule has 1 aliphatic rings. The monoisotopic (exact) mass is 398 g/mol. The molecular weight excluding hydrogens is 376 g/mol. The van der Waals surface area contributed by atoms with Gasteiger partial charge in [-0.15, -0.1) is 0 Å². The normalized spacial score (nSPS) is 16.2. The molecule has 1 aliphatic heterocycles. The van der Waals surface area contributed by atoms with Gasteiger partial charge < -0.3 is 9.72 Å². The maximum absolute atomic E-state index is 4.97. The molecule has 4 rings (SSSR count). The zero-order valence-electron chi connectivity index (χ0n) is 14.5. The summed E-state index contributed by atoms with van der Waals surface area (Å²) in [6, 6.07) is 12.8. The van der Waals surface area contributed by atoms with E-state index < -0.39 is 0 Å². The predicted molar refractivity (Wildman–Crippen MR) is 106 cm³/mol. The maximum atomic E-state index is 4.97. The molecule has 0 unspecified atom stereocenters. The highest BCUT2D eigenvalue weighted by atomic mass is 79.9. The van der Waals surface area contributed by atoms with E-state index in [2.05, 4.69) is 80.1 Å². The van der Waals surface area contributed by atoms with Gasteiger partial charge in [-0.1, -0.05) is 28.1 Å². The number of halogens is 1. The summed E-state index contributed by atoms with van der Waals surface area (Å²) < 4.78 is 3.35. The van der Waals surface area contributed by atoms with Crippen molar-refractivity contribution in [2.45, 2.75) is 19.9 Å². The van der Waals surface area contributed by atoms with Crippen LogP contribution in [0.3, 0.4) is 0 Å². The first-order valence-electron chi connectivity index (χ1n) is 8.87. The molecule has 3 aromatic rings. The quantitative estimate of drug-likeness (QED) is 0.726. The molecule has 5 heteroatoms. The molecule has 3 heterocycles. The van der Waals surface area contributed by atoms with Crippen LogP contribution in [-0.4, -0.2) is 40.5 Å². The Hall–Kier alpha value is -1.69. The highest BCUT2D eigenvalue weighted by Crippen LogP contribution is 2.27. The second-order valence-corrected chi connectivity index (χ2v) is 7.64. The summed E-state index contributed by atoms with van der Waals surface area (Å²) in [5.74, 6) is 0. The van der Waals surface area contributed by atoms with Crippen LogP contribution in [0.1, 0.15) is 17.7 Å². The van der Waals surface area contributed by atoms with Gasteiger partial charge >= 0.3 is 0 Å². The molecule has 0 radical (unpaired) electrons. The van der Waals surface area contributed by atoms with Crippen LogP contribution in [0.25, 0.3) is 16.9 Å². The molecule has 0 bridgehead atoms. The third-order valence-electron chi connectivity index (χ3n) is 4.80. The van der Waals surface area contributed by atoms with Crippen LogP contribution in [0.2, 0.25) is 0 Å². The largest absolute Gasteiger partial charge is 0.315 e. The lowest BCUT2D eigenvalue weighted by atomic mass is 10.1. The van der Waals surface area contributed by atoms with Crippen LogP contribution in [0.4, 0.5) is 0 Å². The maximum Gasteiger partial charge on any atom is 0.137 e. The lowest BCUT2D eigenvalue weighted by Gasteiger charge is -2.20. The van der Waals surface area contributed by atoms with E-state index in [1.165, 1.54) is 23.2 Å². The minimum atomic E-state index is 0.928. The van der Waals surface area contributed by atoms with Gasteiger partial charge in [-0.05, 0) is 56.3 Å². The molecule has 1 fully saturated rings. The van der Waals surface area contributed by atoms with E-state index in [-0.39, 0.29) is 0 Å². The third kappa shape index (κ3) is 3.64. The molecule has 1 aromatic carbocycles. The highest BCUT2D eigenvalue weighted by molar-refractivity contribution is 9.10. The highest BCUT2D eigenvalue weighted by Gasteiger charge is 2.18. The topological polar surface area (TPSA) is 32.6 Å². The van der Waals surface area contributed by atoms with Crippen LogP contribution >= 0.6 is 15.9 Å². The minimum Gasteiger partial charge on any atom is -0.315 e. The summed E-state index contributed by atoms with van der Waals surface area (Å²) in [6.07, 6.45) is 3.36. The molecule has 1 N–H and O–H groups in total. The summed E-state index contributed by atoms with van der Waals surface area (Å²) >= 11 is 3.53. The van der Waals surface area contributed by atoms with Gasteiger partial charge in [0.1, 0.15) is 5.65 Å². The fourth-order valence-electron chi connectivity index (χ4n) is 3.46. The molecule has 0 amide bonds. The zero-order chi connectivity index (χ0) is 17.2. The lowest BCUT2D eigenvalue weighted by molar-refractivity contribution is 0.281. The lowest BCUT2D eigenvalue weighted by Crippen LogP contribution is -2.28. The fraction of sp³-hybridized carbons (Fsp3) is 0.350. The van der Waals surface area contributed by atoms with Gasteiger partial charge in [0.2, 0.25) is 0 Å². The van der Waals surface area contributed by atoms with Crippen molar-refractivity contribution in [1.29, 1.82) is 0 Å². The SMILES string of the molecule is Cc1ccn2c(CN3CCCNCC3)c(-c3ccc(Br)cc3)nc2c1. The number of rotatable bonds is 3. The molecule has 0 atom stereocenters. The second-order valence-electron chi connectivity index (χ2n) is 6.73. The summed E-state index contributed by atoms with van der Waals surface area (Å²) in [6.45, 7) is 7.43. The number of pyridine rings is 1. The number of nitrogens with one attached hydrogen (secondary N) is 1. The van der Waals surface area contributed by atoms with Crippen LogP contribution in [0.5, 0.6) is 0 Å². The number of aromatic nitrogens is 2. The number of benzene rings is 1. The smallest absolute Gasteiger partial charge is 0.137 e. The third-order valence-corrected chi connectivity index (χ3v) is 5.33. The number of imidazole rings is 1. The van der Waals surface area contributed by atoms with E-state index in [1.807, 2.05) is 0 Å². The van der Waals surface area contributed by atoms with Crippen molar-refractivity contribution in [2.24, 2.45) is 0 Å². The van der Waals surface area contributed by atoms with Crippen molar-refractivity contribution in [3.05, 3.63) is 58.3 Å². The van der Waals surface area contributed by atoms with Gasteiger partial charge in [-0.3, -0.25) is 4.90 Å². The number of aryl methyl sites for hydroxylation is 1. The number of hydrogen-bond acceptors (Lipinski definition) is 3. The van der Waals surface area contributed by atoms with Gasteiger partial charge in [0.25, 0.3) is 0 Å². The van der Waals surface area contributed by atoms with Crippen LogP contribution in [0, 0.1) is 6.92 Å². The predicted octanol–water partition coefficient (Wildman–Crippen LogP) is 3.87. The summed E-state index contributed by atoms with van der Waals surface area (Å²) in [5.41, 5.74) is 5.81. The van der Waals surface area contributed by atoms with E-state index in [9.17, 15) is 0 Å². The fourth-order valence-corrected chi connectivity index (χ4v) is 3.72. The zero-order valence-corrected chi connectivity index (χ0v) is 16.1. The number of fused-ring (bicyclic) bond motifs is 1. The first-order valence-corrected chi connectivity index (χ1v) is 9.66. The van der Waals surface area contributed by atoms with Crippen LogP contribution in [-0.2, 0) is 6.54 Å². The Kier molecular flexibility index (Phi) is 4.88. The van der Waals surface area contributed by atoms with Crippen molar-refractivity contribution in [1.82, 2.24) is 19.6 Å². The Balaban J connectivity index is 1.78. The summed E-state index contributed by atoms with van der Waals surface area (Å²) in [4.78, 5) is 7.50. The molecular formula is C20H23BrN4. The van der Waals surface area contributed by atoms with Crippen molar-refractivity contribution in [2.75, 3.05) is 26.2 Å². The molecule has 130 valence electrons. The molecule has 2 aromatic heterocycles. The molecule has 25 heavy (non-hydrogen) atoms. The Labute approximate surface area is 157 Å². The number of nitrogens with zero attached hydrogens (tertiary/aromatic N) is 3. The van der Waals surface area contributed by atoms with E-state index in [0.29, 0.717) is 0 Å². The summed E-state index contributed by atoms with van der Waals surface area (Å²) in [7, 11) is 0. The van der Waals surface area contributed by atoms with Gasteiger partial charge in [0, 0.05) is 35.9 Å². The first-order chi connectivity index (χ1) is 12.2. The summed E-state index contributed by atoms with van der Waals surface area (Å²) in [5, 5.41) is 3.48. The van der Waals surface area contributed by atoms with Gasteiger partial charge in [0.05, 0.1) is 11.4 Å². The average Bonchev–Trinajstić information content (AvgIpc) is 2.78. The second kappa shape index (κ2) is 7.28. The van der Waals surface area contributed by atoms with Gasteiger partial charge in [-0.25, -0.2) is 4.98 Å². The van der Waals surface area contributed by atoms with Crippen molar-refractivity contribution in [3.8, 4) is 11.3 Å². The van der Waals surface area contributed by atoms with E-state index in [0.717, 1.165) is 48.5 Å². The molecule has 4 nitrogen and oxygen atoms in total. The Morgan fingerprint density at radius 3 is 2.80 bits per heavy atom. The molecule has 0 spiro atoms. The minimum absolute atomic E-state index is 0.928.